The molecule has 128 valence electrons. The van der Waals surface area contributed by atoms with E-state index in [9.17, 15) is 9.59 Å². The van der Waals surface area contributed by atoms with Gasteiger partial charge in [0.05, 0.1) is 12.4 Å². The van der Waals surface area contributed by atoms with E-state index in [0.717, 1.165) is 23.1 Å². The number of carbonyl (C=O) groups excluding carboxylic acids is 2. The summed E-state index contributed by atoms with van der Waals surface area (Å²) >= 11 is 1.11. The standard InChI is InChI=1S/C15H18N4O4S/c1-3-22-15(21)17-13(20)9-24-14-16-12(18-19-14)8-23-11-7-5-4-6-10(11)2/h4-7H,3,8-9H2,1-2H3,(H,16,18,19)(H,17,20,21). The molecule has 0 aliphatic carbocycles. The number of aryl methyl sites for hydroxylation is 1. The first kappa shape index (κ1) is 17.8. The van der Waals surface area contributed by atoms with E-state index < -0.39 is 12.0 Å². The molecule has 24 heavy (non-hydrogen) atoms. The number of hydrogen-bond donors (Lipinski definition) is 2. The van der Waals surface area contributed by atoms with Gasteiger partial charge in [-0.15, -0.1) is 5.10 Å². The number of hydrogen-bond acceptors (Lipinski definition) is 7. The fraction of sp³-hybridized carbons (Fsp3) is 0.333. The second-order valence-corrected chi connectivity index (χ2v) is 5.62. The number of aromatic nitrogens is 3. The van der Waals surface area contributed by atoms with Gasteiger partial charge in [-0.3, -0.25) is 15.2 Å². The monoisotopic (exact) mass is 350 g/mol. The number of imide groups is 1. The zero-order chi connectivity index (χ0) is 17.4. The van der Waals surface area contributed by atoms with Gasteiger partial charge in [0.15, 0.2) is 5.82 Å². The molecule has 0 saturated heterocycles. The molecule has 2 aromatic rings. The highest BCUT2D eigenvalue weighted by atomic mass is 32.2. The molecule has 9 heteroatoms. The van der Waals surface area contributed by atoms with E-state index in [1.807, 2.05) is 31.2 Å². The van der Waals surface area contributed by atoms with E-state index >= 15 is 0 Å². The molecular formula is C15H18N4O4S. The molecule has 0 aliphatic rings. The first-order valence-electron chi connectivity index (χ1n) is 7.27. The average molecular weight is 350 g/mol. The number of thioether (sulfide) groups is 1. The molecule has 0 unspecified atom stereocenters. The summed E-state index contributed by atoms with van der Waals surface area (Å²) in [4.78, 5) is 26.8. The van der Waals surface area contributed by atoms with Crippen molar-refractivity contribution in [3.63, 3.8) is 0 Å². The van der Waals surface area contributed by atoms with Crippen molar-refractivity contribution in [2.45, 2.75) is 25.6 Å². The molecule has 0 fully saturated rings. The van der Waals surface area contributed by atoms with Gasteiger partial charge >= 0.3 is 6.09 Å². The van der Waals surface area contributed by atoms with Crippen molar-refractivity contribution >= 4 is 23.8 Å². The van der Waals surface area contributed by atoms with Gasteiger partial charge in [0.25, 0.3) is 0 Å². The zero-order valence-corrected chi connectivity index (χ0v) is 14.2. The molecule has 1 aromatic carbocycles. The molecule has 8 nitrogen and oxygen atoms in total. The van der Waals surface area contributed by atoms with Crippen LogP contribution < -0.4 is 10.1 Å². The Morgan fingerprint density at radius 2 is 2.12 bits per heavy atom. The number of benzene rings is 1. The lowest BCUT2D eigenvalue weighted by molar-refractivity contribution is -0.117. The molecule has 0 atom stereocenters. The van der Waals surface area contributed by atoms with Crippen LogP contribution in [0.2, 0.25) is 0 Å². The van der Waals surface area contributed by atoms with E-state index in [1.165, 1.54) is 0 Å². The number of nitrogens with zero attached hydrogens (tertiary/aromatic N) is 2. The number of para-hydroxylation sites is 1. The van der Waals surface area contributed by atoms with Crippen molar-refractivity contribution in [3.8, 4) is 5.75 Å². The van der Waals surface area contributed by atoms with Gasteiger partial charge in [0.2, 0.25) is 11.1 Å². The Bertz CT molecular complexity index is 704. The van der Waals surface area contributed by atoms with Gasteiger partial charge in [0, 0.05) is 0 Å². The van der Waals surface area contributed by atoms with Crippen LogP contribution in [0.15, 0.2) is 29.4 Å². The predicted molar refractivity (Wildman–Crippen MR) is 87.8 cm³/mol. The summed E-state index contributed by atoms with van der Waals surface area (Å²) in [5.74, 6) is 0.860. The molecule has 1 aromatic heterocycles. The zero-order valence-electron chi connectivity index (χ0n) is 13.4. The summed E-state index contributed by atoms with van der Waals surface area (Å²) in [6, 6.07) is 7.67. The lowest BCUT2D eigenvalue weighted by Crippen LogP contribution is -2.32. The Hall–Kier alpha value is -2.55. The predicted octanol–water partition coefficient (Wildman–Crippen LogP) is 2.06. The van der Waals surface area contributed by atoms with E-state index in [-0.39, 0.29) is 19.0 Å². The van der Waals surface area contributed by atoms with Crippen molar-refractivity contribution < 1.29 is 19.1 Å². The first-order chi connectivity index (χ1) is 11.6. The highest BCUT2D eigenvalue weighted by molar-refractivity contribution is 7.99. The van der Waals surface area contributed by atoms with E-state index in [0.29, 0.717) is 11.0 Å². The quantitative estimate of drug-likeness (QED) is 0.736. The normalized spacial score (nSPS) is 10.2. The molecule has 0 spiro atoms. The van der Waals surface area contributed by atoms with Gasteiger partial charge in [0.1, 0.15) is 12.4 Å². The Labute approximate surface area is 143 Å². The number of ether oxygens (including phenoxy) is 2. The smallest absolute Gasteiger partial charge is 0.413 e. The second-order valence-electron chi connectivity index (χ2n) is 4.68. The van der Waals surface area contributed by atoms with Crippen molar-refractivity contribution in [2.24, 2.45) is 0 Å². The third kappa shape index (κ3) is 5.58. The minimum Gasteiger partial charge on any atom is -0.485 e. The van der Waals surface area contributed by atoms with Gasteiger partial charge in [-0.2, -0.15) is 0 Å². The van der Waals surface area contributed by atoms with Gasteiger partial charge < -0.3 is 9.47 Å². The summed E-state index contributed by atoms with van der Waals surface area (Å²) < 4.78 is 10.3. The van der Waals surface area contributed by atoms with Crippen LogP contribution in [-0.2, 0) is 16.1 Å². The van der Waals surface area contributed by atoms with Crippen LogP contribution in [-0.4, -0.2) is 39.5 Å². The lowest BCUT2D eigenvalue weighted by Gasteiger charge is -2.06. The maximum Gasteiger partial charge on any atom is 0.413 e. The van der Waals surface area contributed by atoms with E-state index in [1.54, 1.807) is 6.92 Å². The Morgan fingerprint density at radius 1 is 1.33 bits per heavy atom. The minimum atomic E-state index is -0.759. The number of rotatable bonds is 7. The molecule has 1 heterocycles. The average Bonchev–Trinajstić information content (AvgIpc) is 3.00. The molecule has 2 N–H and O–H groups in total. The maximum atomic E-state index is 11.5. The SMILES string of the molecule is CCOC(=O)NC(=O)CSc1n[nH]c(COc2ccccc2C)n1. The number of nitrogens with one attached hydrogen (secondary N) is 2. The van der Waals surface area contributed by atoms with Crippen molar-refractivity contribution in [1.82, 2.24) is 20.5 Å². The Kier molecular flexibility index (Phi) is 6.62. The van der Waals surface area contributed by atoms with E-state index in [4.69, 9.17) is 4.74 Å². The maximum absolute atomic E-state index is 11.5. The Balaban J connectivity index is 1.78. The number of carbonyl (C=O) groups is 2. The third-order valence-corrected chi connectivity index (χ3v) is 3.67. The molecule has 0 aliphatic heterocycles. The summed E-state index contributed by atoms with van der Waals surface area (Å²) in [5, 5.41) is 9.24. The van der Waals surface area contributed by atoms with Crippen LogP contribution in [0.4, 0.5) is 4.79 Å². The van der Waals surface area contributed by atoms with Gasteiger partial charge in [-0.25, -0.2) is 9.78 Å². The van der Waals surface area contributed by atoms with Gasteiger partial charge in [-0.1, -0.05) is 30.0 Å². The fourth-order valence-corrected chi connectivity index (χ4v) is 2.34. The summed E-state index contributed by atoms with van der Waals surface area (Å²) in [6.07, 6.45) is -0.759. The van der Waals surface area contributed by atoms with Crippen molar-refractivity contribution in [3.05, 3.63) is 35.7 Å². The van der Waals surface area contributed by atoms with Gasteiger partial charge in [-0.05, 0) is 25.5 Å². The fourth-order valence-electron chi connectivity index (χ4n) is 1.72. The molecule has 0 radical (unpaired) electrons. The molecule has 2 amide bonds. The first-order valence-corrected chi connectivity index (χ1v) is 8.26. The molecule has 0 saturated carbocycles. The molecule has 2 rings (SSSR count). The van der Waals surface area contributed by atoms with Crippen molar-refractivity contribution in [2.75, 3.05) is 12.4 Å². The lowest BCUT2D eigenvalue weighted by atomic mass is 10.2. The minimum absolute atomic E-state index is 0.00869. The number of alkyl carbamates (subject to hydrolysis) is 1. The Morgan fingerprint density at radius 3 is 2.88 bits per heavy atom. The highest BCUT2D eigenvalue weighted by Crippen LogP contribution is 2.18. The summed E-state index contributed by atoms with van der Waals surface area (Å²) in [7, 11) is 0. The van der Waals surface area contributed by atoms with E-state index in [2.05, 4.69) is 25.2 Å². The third-order valence-electron chi connectivity index (χ3n) is 2.82. The largest absolute Gasteiger partial charge is 0.485 e. The van der Waals surface area contributed by atoms with Crippen LogP contribution in [0.3, 0.4) is 0 Å². The van der Waals surface area contributed by atoms with Crippen LogP contribution in [0, 0.1) is 6.92 Å². The molecular weight excluding hydrogens is 332 g/mol. The number of aromatic amines is 1. The number of amides is 2. The van der Waals surface area contributed by atoms with Crippen LogP contribution >= 0.6 is 11.8 Å². The summed E-state index contributed by atoms with van der Waals surface area (Å²) in [6.45, 7) is 4.07. The highest BCUT2D eigenvalue weighted by Gasteiger charge is 2.11. The van der Waals surface area contributed by atoms with Crippen molar-refractivity contribution in [1.29, 1.82) is 0 Å². The number of H-pyrrole nitrogens is 1. The second kappa shape index (κ2) is 8.92. The topological polar surface area (TPSA) is 106 Å². The van der Waals surface area contributed by atoms with Crippen LogP contribution in [0.5, 0.6) is 5.75 Å². The van der Waals surface area contributed by atoms with Crippen LogP contribution in [0.25, 0.3) is 0 Å². The van der Waals surface area contributed by atoms with Crippen LogP contribution in [0.1, 0.15) is 18.3 Å². The summed E-state index contributed by atoms with van der Waals surface area (Å²) in [5.41, 5.74) is 1.03. The molecule has 0 bridgehead atoms.